The third-order valence-corrected chi connectivity index (χ3v) is 4.37. The minimum atomic E-state index is -0.110. The molecule has 0 amide bonds. The summed E-state index contributed by atoms with van der Waals surface area (Å²) in [6.07, 6.45) is 0.788. The number of phenolic OH excluding ortho intramolecular Hbond substituents is 1. The van der Waals surface area contributed by atoms with Gasteiger partial charge in [-0.1, -0.05) is 71.9 Å². The average molecular weight is 326 g/mol. The lowest BCUT2D eigenvalue weighted by molar-refractivity contribution is 0.410. The van der Waals surface area contributed by atoms with Crippen molar-refractivity contribution in [2.24, 2.45) is 0 Å². The van der Waals surface area contributed by atoms with Crippen LogP contribution in [0.4, 0.5) is 0 Å². The maximum absolute atomic E-state index is 10.8. The van der Waals surface area contributed by atoms with Gasteiger partial charge < -0.3 is 9.84 Å². The molecule has 130 valence electrons. The van der Waals surface area contributed by atoms with Crippen LogP contribution in [0.1, 0.15) is 63.8 Å². The molecule has 2 aromatic rings. The SMILES string of the molecule is COc1ccccc1Cc1cc(C(C)(C)C)c(O)c(C(C)(C)C)c1. The van der Waals surface area contributed by atoms with Crippen molar-refractivity contribution in [3.8, 4) is 11.5 Å². The van der Waals surface area contributed by atoms with E-state index in [4.69, 9.17) is 4.74 Å². The van der Waals surface area contributed by atoms with E-state index in [9.17, 15) is 5.11 Å². The Morgan fingerprint density at radius 3 is 1.83 bits per heavy atom. The number of phenols is 1. The highest BCUT2D eigenvalue weighted by Gasteiger charge is 2.26. The maximum atomic E-state index is 10.8. The summed E-state index contributed by atoms with van der Waals surface area (Å²) < 4.78 is 5.49. The highest BCUT2D eigenvalue weighted by atomic mass is 16.5. The third-order valence-electron chi connectivity index (χ3n) is 4.37. The van der Waals surface area contributed by atoms with Crippen molar-refractivity contribution in [3.63, 3.8) is 0 Å². The Bertz CT molecular complexity index is 680. The molecule has 0 aliphatic rings. The molecule has 2 heteroatoms. The molecule has 1 N–H and O–H groups in total. The largest absolute Gasteiger partial charge is 0.507 e. The zero-order valence-corrected chi connectivity index (χ0v) is 16.0. The van der Waals surface area contributed by atoms with Gasteiger partial charge in [-0.15, -0.1) is 0 Å². The van der Waals surface area contributed by atoms with Gasteiger partial charge in [-0.25, -0.2) is 0 Å². The monoisotopic (exact) mass is 326 g/mol. The zero-order chi connectivity index (χ0) is 18.1. The number of rotatable bonds is 3. The molecule has 0 aliphatic carbocycles. The normalized spacial score (nSPS) is 12.3. The van der Waals surface area contributed by atoms with Gasteiger partial charge in [-0.3, -0.25) is 0 Å². The first-order valence-corrected chi connectivity index (χ1v) is 8.53. The summed E-state index contributed by atoms with van der Waals surface area (Å²) in [5.41, 5.74) is 4.14. The second-order valence-electron chi connectivity index (χ2n) is 8.53. The number of aromatic hydroxyl groups is 1. The molecule has 0 radical (unpaired) electrons. The van der Waals surface area contributed by atoms with Gasteiger partial charge in [0, 0.05) is 6.42 Å². The maximum Gasteiger partial charge on any atom is 0.123 e. The summed E-state index contributed by atoms with van der Waals surface area (Å²) in [6, 6.07) is 12.4. The van der Waals surface area contributed by atoms with Crippen LogP contribution in [0.2, 0.25) is 0 Å². The van der Waals surface area contributed by atoms with E-state index < -0.39 is 0 Å². The van der Waals surface area contributed by atoms with Crippen LogP contribution in [0, 0.1) is 0 Å². The molecular formula is C22H30O2. The lowest BCUT2D eigenvalue weighted by atomic mass is 9.78. The first-order valence-electron chi connectivity index (χ1n) is 8.53. The molecule has 0 aromatic heterocycles. The van der Waals surface area contributed by atoms with Gasteiger partial charge in [0.1, 0.15) is 11.5 Å². The summed E-state index contributed by atoms with van der Waals surface area (Å²) in [6.45, 7) is 12.8. The molecular weight excluding hydrogens is 296 g/mol. The summed E-state index contributed by atoms with van der Waals surface area (Å²) in [5.74, 6) is 1.33. The van der Waals surface area contributed by atoms with Crippen molar-refractivity contribution in [2.75, 3.05) is 7.11 Å². The van der Waals surface area contributed by atoms with E-state index in [0.29, 0.717) is 5.75 Å². The minimum Gasteiger partial charge on any atom is -0.507 e. The van der Waals surface area contributed by atoms with Crippen LogP contribution in [0.5, 0.6) is 11.5 Å². The van der Waals surface area contributed by atoms with E-state index >= 15 is 0 Å². The van der Waals surface area contributed by atoms with Crippen LogP contribution in [0.25, 0.3) is 0 Å². The van der Waals surface area contributed by atoms with Crippen LogP contribution in [-0.2, 0) is 17.3 Å². The molecule has 0 unspecified atom stereocenters. The van der Waals surface area contributed by atoms with Gasteiger partial charge in [0.15, 0.2) is 0 Å². The van der Waals surface area contributed by atoms with Crippen molar-refractivity contribution in [3.05, 3.63) is 58.7 Å². The zero-order valence-electron chi connectivity index (χ0n) is 16.0. The first kappa shape index (κ1) is 18.4. The fourth-order valence-corrected chi connectivity index (χ4v) is 3.01. The highest BCUT2D eigenvalue weighted by molar-refractivity contribution is 5.51. The van der Waals surface area contributed by atoms with E-state index in [0.717, 1.165) is 28.9 Å². The third kappa shape index (κ3) is 3.92. The molecule has 0 fully saturated rings. The Morgan fingerprint density at radius 1 is 0.875 bits per heavy atom. The van der Waals surface area contributed by atoms with E-state index in [1.807, 2.05) is 18.2 Å². The van der Waals surface area contributed by atoms with E-state index in [-0.39, 0.29) is 10.8 Å². The fraction of sp³-hybridized carbons (Fsp3) is 0.455. The van der Waals surface area contributed by atoms with Gasteiger partial charge in [-0.2, -0.15) is 0 Å². The van der Waals surface area contributed by atoms with Crippen molar-refractivity contribution >= 4 is 0 Å². The van der Waals surface area contributed by atoms with Gasteiger partial charge >= 0.3 is 0 Å². The molecule has 0 heterocycles. The predicted octanol–water partition coefficient (Wildman–Crippen LogP) is 5.59. The van der Waals surface area contributed by atoms with Gasteiger partial charge in [0.25, 0.3) is 0 Å². The molecule has 0 saturated heterocycles. The van der Waals surface area contributed by atoms with Gasteiger partial charge in [-0.05, 0) is 39.2 Å². The second kappa shape index (κ2) is 6.51. The van der Waals surface area contributed by atoms with Crippen LogP contribution >= 0.6 is 0 Å². The summed E-state index contributed by atoms with van der Waals surface area (Å²) in [7, 11) is 1.71. The smallest absolute Gasteiger partial charge is 0.123 e. The number of ether oxygens (including phenoxy) is 1. The van der Waals surface area contributed by atoms with Crippen LogP contribution in [0.15, 0.2) is 36.4 Å². The fourth-order valence-electron chi connectivity index (χ4n) is 3.01. The molecule has 2 rings (SSSR count). The Kier molecular flexibility index (Phi) is 4.98. The van der Waals surface area contributed by atoms with Crippen molar-refractivity contribution < 1.29 is 9.84 Å². The number of para-hydroxylation sites is 1. The molecule has 0 bridgehead atoms. The molecule has 2 nitrogen and oxygen atoms in total. The van der Waals surface area contributed by atoms with Gasteiger partial charge in [0.2, 0.25) is 0 Å². The molecule has 2 aromatic carbocycles. The Hall–Kier alpha value is -1.96. The summed E-state index contributed by atoms with van der Waals surface area (Å²) >= 11 is 0. The molecule has 0 spiro atoms. The predicted molar refractivity (Wildman–Crippen MR) is 101 cm³/mol. The van der Waals surface area contributed by atoms with Crippen LogP contribution in [0.3, 0.4) is 0 Å². The quantitative estimate of drug-likeness (QED) is 0.797. The highest BCUT2D eigenvalue weighted by Crippen LogP contribution is 2.40. The van der Waals surface area contributed by atoms with Gasteiger partial charge in [0.05, 0.1) is 7.11 Å². The standard InChI is InChI=1S/C22H30O2/c1-21(2,3)17-13-15(14-18(20(17)23)22(4,5)6)12-16-10-8-9-11-19(16)24-7/h8-11,13-14,23H,12H2,1-7H3. The number of hydrogen-bond donors (Lipinski definition) is 1. The Balaban J connectivity index is 2.58. The van der Waals surface area contributed by atoms with Crippen molar-refractivity contribution in [1.29, 1.82) is 0 Å². The summed E-state index contributed by atoms with van der Waals surface area (Å²) in [4.78, 5) is 0. The lowest BCUT2D eigenvalue weighted by Gasteiger charge is -2.28. The molecule has 0 saturated carbocycles. The minimum absolute atomic E-state index is 0.110. The van der Waals surface area contributed by atoms with E-state index in [1.54, 1.807) is 7.11 Å². The summed E-state index contributed by atoms with van der Waals surface area (Å²) in [5, 5.41) is 10.8. The topological polar surface area (TPSA) is 29.5 Å². The molecule has 0 aliphatic heterocycles. The van der Waals surface area contributed by atoms with E-state index in [1.165, 1.54) is 5.56 Å². The number of methoxy groups -OCH3 is 1. The van der Waals surface area contributed by atoms with Crippen molar-refractivity contribution in [1.82, 2.24) is 0 Å². The van der Waals surface area contributed by atoms with Crippen LogP contribution in [-0.4, -0.2) is 12.2 Å². The average Bonchev–Trinajstić information content (AvgIpc) is 2.47. The number of hydrogen-bond acceptors (Lipinski definition) is 2. The first-order chi connectivity index (χ1) is 11.0. The van der Waals surface area contributed by atoms with Crippen LogP contribution < -0.4 is 4.74 Å². The Labute approximate surface area is 146 Å². The molecule has 24 heavy (non-hydrogen) atoms. The molecule has 0 atom stereocenters. The van der Waals surface area contributed by atoms with Crippen molar-refractivity contribution in [2.45, 2.75) is 58.8 Å². The second-order valence-corrected chi connectivity index (χ2v) is 8.53. The van der Waals surface area contributed by atoms with E-state index in [2.05, 4.69) is 59.7 Å². The Morgan fingerprint density at radius 2 is 1.38 bits per heavy atom. The lowest BCUT2D eigenvalue weighted by Crippen LogP contribution is -2.18. The number of benzene rings is 2.